The average Bonchev–Trinajstić information content (AvgIpc) is 3.23. The molecule has 1 aromatic carbocycles. The molecule has 0 aliphatic carbocycles. The van der Waals surface area contributed by atoms with Crippen molar-refractivity contribution in [1.82, 2.24) is 21.3 Å². The molecule has 30 heavy (non-hydrogen) atoms. The maximum atomic E-state index is 12.2. The van der Waals surface area contributed by atoms with Crippen LogP contribution in [-0.4, -0.2) is 35.0 Å². The van der Waals surface area contributed by atoms with Crippen LogP contribution in [-0.2, 0) is 27.5 Å². The third-order valence-electron chi connectivity index (χ3n) is 4.40. The van der Waals surface area contributed by atoms with Crippen molar-refractivity contribution in [2.45, 2.75) is 37.5 Å². The van der Waals surface area contributed by atoms with E-state index in [4.69, 9.17) is 11.6 Å². The molecule has 7 nitrogen and oxygen atoms in total. The molecule has 1 aromatic heterocycles. The van der Waals surface area contributed by atoms with Crippen molar-refractivity contribution in [3.05, 3.63) is 57.2 Å². The third-order valence-corrected chi connectivity index (χ3v) is 6.66. The zero-order valence-electron chi connectivity index (χ0n) is 16.2. The monoisotopic (exact) mass is 466 g/mol. The molecule has 2 heterocycles. The molecule has 2 aromatic rings. The predicted octanol–water partition coefficient (Wildman–Crippen LogP) is 2.22. The average molecular weight is 467 g/mol. The summed E-state index contributed by atoms with van der Waals surface area (Å²) < 4.78 is 0. The van der Waals surface area contributed by atoms with E-state index in [9.17, 15) is 14.4 Å². The van der Waals surface area contributed by atoms with Crippen molar-refractivity contribution >= 4 is 52.4 Å². The number of benzene rings is 1. The normalized spacial score (nSPS) is 18.5. The van der Waals surface area contributed by atoms with Gasteiger partial charge in [-0.3, -0.25) is 19.7 Å². The Labute approximate surface area is 188 Å². The summed E-state index contributed by atoms with van der Waals surface area (Å²) in [5.41, 5.74) is 0.419. The molecule has 2 unspecified atom stereocenters. The summed E-state index contributed by atoms with van der Waals surface area (Å²) in [6.07, 6.45) is 0.427. The molecule has 1 aliphatic heterocycles. The highest BCUT2D eigenvalue weighted by Crippen LogP contribution is 2.16. The summed E-state index contributed by atoms with van der Waals surface area (Å²) in [5.74, 6) is -0.248. The van der Waals surface area contributed by atoms with Crippen LogP contribution in [0, 0.1) is 0 Å². The first-order chi connectivity index (χ1) is 14.5. The fourth-order valence-electron chi connectivity index (χ4n) is 2.90. The minimum Gasteiger partial charge on any atom is -0.351 e. The highest BCUT2D eigenvalue weighted by molar-refractivity contribution is 8.00. The minimum atomic E-state index is -0.424. The number of nitrogens with one attached hydrogen (secondary N) is 4. The lowest BCUT2D eigenvalue weighted by molar-refractivity contribution is -0.125. The van der Waals surface area contributed by atoms with E-state index >= 15 is 0 Å². The molecule has 160 valence electrons. The Bertz CT molecular complexity index is 879. The summed E-state index contributed by atoms with van der Waals surface area (Å²) in [6, 6.07) is 10.9. The fraction of sp³-hybridized carbons (Fsp3) is 0.350. The fourth-order valence-corrected chi connectivity index (χ4v) is 4.68. The number of rotatable bonds is 9. The van der Waals surface area contributed by atoms with Crippen molar-refractivity contribution < 1.29 is 14.4 Å². The molecule has 0 spiro atoms. The van der Waals surface area contributed by atoms with Crippen LogP contribution in [0.2, 0.25) is 5.02 Å². The lowest BCUT2D eigenvalue weighted by atomic mass is 10.1. The molecule has 3 amide bonds. The zero-order chi connectivity index (χ0) is 21.3. The first-order valence-corrected chi connectivity index (χ1v) is 11.8. The third kappa shape index (κ3) is 7.32. The van der Waals surface area contributed by atoms with Crippen LogP contribution in [0.3, 0.4) is 0 Å². The van der Waals surface area contributed by atoms with E-state index in [1.54, 1.807) is 17.4 Å². The molecule has 0 radical (unpaired) electrons. The van der Waals surface area contributed by atoms with E-state index in [0.29, 0.717) is 18.1 Å². The number of carbonyl (C=O) groups excluding carboxylic acids is 3. The molecule has 10 heteroatoms. The van der Waals surface area contributed by atoms with Crippen LogP contribution in [0.1, 0.15) is 23.3 Å². The SMILES string of the molecule is O=C(CSC1NC(=O)CC(CC(=O)NCc2cccs2)N1)NCc1ccccc1Cl. The number of thioether (sulfide) groups is 1. The number of carbonyl (C=O) groups is 3. The quantitative estimate of drug-likeness (QED) is 0.454. The second-order valence-corrected chi connectivity index (χ2v) is 9.29. The van der Waals surface area contributed by atoms with Gasteiger partial charge in [-0.1, -0.05) is 35.9 Å². The Hall–Kier alpha value is -2.07. The predicted molar refractivity (Wildman–Crippen MR) is 120 cm³/mol. The second-order valence-electron chi connectivity index (χ2n) is 6.75. The zero-order valence-corrected chi connectivity index (χ0v) is 18.5. The van der Waals surface area contributed by atoms with Gasteiger partial charge in [0, 0.05) is 35.3 Å². The van der Waals surface area contributed by atoms with Gasteiger partial charge in [-0.2, -0.15) is 0 Å². The van der Waals surface area contributed by atoms with Crippen LogP contribution in [0.4, 0.5) is 0 Å². The van der Waals surface area contributed by atoms with Gasteiger partial charge in [0.2, 0.25) is 17.7 Å². The van der Waals surface area contributed by atoms with E-state index in [2.05, 4.69) is 21.3 Å². The Morgan fingerprint density at radius 2 is 1.93 bits per heavy atom. The van der Waals surface area contributed by atoms with Crippen molar-refractivity contribution in [1.29, 1.82) is 0 Å². The maximum Gasteiger partial charge on any atom is 0.230 e. The number of thiophene rings is 1. The molecule has 0 saturated carbocycles. The minimum absolute atomic E-state index is 0.114. The Kier molecular flexibility index (Phi) is 8.56. The molecule has 2 atom stereocenters. The first kappa shape index (κ1) is 22.6. The van der Waals surface area contributed by atoms with Gasteiger partial charge in [0.05, 0.1) is 12.3 Å². The highest BCUT2D eigenvalue weighted by atomic mass is 35.5. The lowest BCUT2D eigenvalue weighted by Crippen LogP contribution is -2.56. The standard InChI is InChI=1S/C20H23ClN4O3S2/c21-16-6-2-1-4-13(16)10-22-19(28)12-30-20-24-14(9-18(27)25-20)8-17(26)23-11-15-5-3-7-29-15/h1-7,14,20,24H,8-12H2,(H,22,28)(H,23,26)(H,25,27). The van der Waals surface area contributed by atoms with E-state index in [-0.39, 0.29) is 42.4 Å². The Morgan fingerprint density at radius 1 is 1.13 bits per heavy atom. The van der Waals surface area contributed by atoms with Crippen molar-refractivity contribution in [3.8, 4) is 0 Å². The number of amides is 3. The maximum absolute atomic E-state index is 12.2. The smallest absolute Gasteiger partial charge is 0.230 e. The van der Waals surface area contributed by atoms with Crippen molar-refractivity contribution in [2.75, 3.05) is 5.75 Å². The van der Waals surface area contributed by atoms with Crippen LogP contribution in [0.5, 0.6) is 0 Å². The van der Waals surface area contributed by atoms with Gasteiger partial charge in [0.15, 0.2) is 0 Å². The van der Waals surface area contributed by atoms with Crippen LogP contribution < -0.4 is 21.3 Å². The van der Waals surface area contributed by atoms with Gasteiger partial charge in [0.25, 0.3) is 0 Å². The number of hydrogen-bond acceptors (Lipinski definition) is 6. The van der Waals surface area contributed by atoms with Gasteiger partial charge in [-0.05, 0) is 23.1 Å². The van der Waals surface area contributed by atoms with E-state index in [1.165, 1.54) is 11.8 Å². The molecular weight excluding hydrogens is 444 g/mol. The topological polar surface area (TPSA) is 99.3 Å². The summed E-state index contributed by atoms with van der Waals surface area (Å²) >= 11 is 8.94. The van der Waals surface area contributed by atoms with Gasteiger partial charge in [-0.15, -0.1) is 23.1 Å². The molecule has 1 saturated heterocycles. The summed E-state index contributed by atoms with van der Waals surface area (Å²) in [5, 5.41) is 14.3. The molecular formula is C20H23ClN4O3S2. The van der Waals surface area contributed by atoms with Crippen LogP contribution in [0.25, 0.3) is 0 Å². The molecule has 0 bridgehead atoms. The van der Waals surface area contributed by atoms with Gasteiger partial charge in [-0.25, -0.2) is 0 Å². The summed E-state index contributed by atoms with van der Waals surface area (Å²) in [6.45, 7) is 0.829. The van der Waals surface area contributed by atoms with Crippen molar-refractivity contribution in [3.63, 3.8) is 0 Å². The highest BCUT2D eigenvalue weighted by Gasteiger charge is 2.28. The largest absolute Gasteiger partial charge is 0.351 e. The molecule has 3 rings (SSSR count). The van der Waals surface area contributed by atoms with Gasteiger partial charge < -0.3 is 16.0 Å². The van der Waals surface area contributed by atoms with Gasteiger partial charge >= 0.3 is 0 Å². The number of halogens is 1. The Morgan fingerprint density at radius 3 is 2.70 bits per heavy atom. The first-order valence-electron chi connectivity index (χ1n) is 9.46. The van der Waals surface area contributed by atoms with E-state index < -0.39 is 5.50 Å². The van der Waals surface area contributed by atoms with Crippen LogP contribution in [0.15, 0.2) is 41.8 Å². The van der Waals surface area contributed by atoms with Gasteiger partial charge in [0.1, 0.15) is 5.50 Å². The summed E-state index contributed by atoms with van der Waals surface area (Å²) in [4.78, 5) is 37.4. The molecule has 1 aliphatic rings. The lowest BCUT2D eigenvalue weighted by Gasteiger charge is -2.30. The second kappa shape index (κ2) is 11.4. The van der Waals surface area contributed by atoms with E-state index in [0.717, 1.165) is 10.4 Å². The number of hydrogen-bond donors (Lipinski definition) is 4. The van der Waals surface area contributed by atoms with Crippen LogP contribution >= 0.6 is 34.7 Å². The summed E-state index contributed by atoms with van der Waals surface area (Å²) in [7, 11) is 0. The van der Waals surface area contributed by atoms with E-state index in [1.807, 2.05) is 35.7 Å². The molecule has 4 N–H and O–H groups in total. The van der Waals surface area contributed by atoms with Crippen molar-refractivity contribution in [2.24, 2.45) is 0 Å². The Balaban J connectivity index is 1.39. The molecule has 1 fully saturated rings.